The molecule has 0 fully saturated rings. The second-order valence-corrected chi connectivity index (χ2v) is 7.69. The monoisotopic (exact) mass is 461 g/mol. The van der Waals surface area contributed by atoms with Gasteiger partial charge in [0.15, 0.2) is 23.1 Å². The van der Waals surface area contributed by atoms with Crippen molar-refractivity contribution in [3.63, 3.8) is 0 Å². The minimum Gasteiger partial charge on any atom is -0.493 e. The summed E-state index contributed by atoms with van der Waals surface area (Å²) in [7, 11) is 6.58. The van der Waals surface area contributed by atoms with Gasteiger partial charge in [-0.05, 0) is 42.8 Å². The summed E-state index contributed by atoms with van der Waals surface area (Å²) in [5, 5.41) is 8.07. The van der Waals surface area contributed by atoms with E-state index in [1.165, 1.54) is 0 Å². The molecule has 9 heteroatoms. The zero-order valence-electron chi connectivity index (χ0n) is 19.9. The lowest BCUT2D eigenvalue weighted by Crippen LogP contribution is -2.03. The van der Waals surface area contributed by atoms with Crippen LogP contribution < -0.4 is 19.5 Å². The number of benzene rings is 2. The number of nitrogens with one attached hydrogen (secondary N) is 1. The highest BCUT2D eigenvalue weighted by Gasteiger charge is 2.20. The molecule has 4 rings (SSSR count). The first-order chi connectivity index (χ1) is 16.5. The molecule has 0 saturated heterocycles. The average molecular weight is 462 g/mol. The minimum absolute atomic E-state index is 0.490. The fourth-order valence-electron chi connectivity index (χ4n) is 3.85. The van der Waals surface area contributed by atoms with Crippen molar-refractivity contribution in [3.8, 4) is 28.6 Å². The summed E-state index contributed by atoms with van der Waals surface area (Å²) < 4.78 is 18.3. The molecule has 2 aromatic heterocycles. The van der Waals surface area contributed by atoms with E-state index in [0.717, 1.165) is 41.5 Å². The van der Waals surface area contributed by atoms with Gasteiger partial charge in [0.25, 0.3) is 0 Å². The van der Waals surface area contributed by atoms with Gasteiger partial charge >= 0.3 is 0 Å². The number of methoxy groups -OCH3 is 3. The molecule has 9 nitrogen and oxygen atoms in total. The highest BCUT2D eigenvalue weighted by atomic mass is 16.5. The Balaban J connectivity index is 1.92. The number of nitrogens with zero attached hydrogens (tertiary/aromatic N) is 4. The van der Waals surface area contributed by atoms with Crippen molar-refractivity contribution in [2.75, 3.05) is 26.6 Å². The van der Waals surface area contributed by atoms with Gasteiger partial charge in [0.05, 0.1) is 27.0 Å². The fourth-order valence-corrected chi connectivity index (χ4v) is 3.85. The molecule has 34 heavy (non-hydrogen) atoms. The van der Waals surface area contributed by atoms with E-state index in [0.29, 0.717) is 40.0 Å². The number of carbonyl (C=O) groups is 1. The average Bonchev–Trinajstić information content (AvgIpc) is 3.18. The van der Waals surface area contributed by atoms with Crippen LogP contribution in [0.4, 0.5) is 11.5 Å². The minimum atomic E-state index is 0.490. The first kappa shape index (κ1) is 23.0. The number of rotatable bonds is 9. The van der Waals surface area contributed by atoms with Gasteiger partial charge in [-0.3, -0.25) is 9.48 Å². The molecule has 0 saturated carbocycles. The van der Waals surface area contributed by atoms with Crippen LogP contribution >= 0.6 is 0 Å². The van der Waals surface area contributed by atoms with Gasteiger partial charge in [0.1, 0.15) is 17.3 Å². The normalized spacial score (nSPS) is 10.9. The lowest BCUT2D eigenvalue weighted by Gasteiger charge is -2.15. The quantitative estimate of drug-likeness (QED) is 0.362. The first-order valence-corrected chi connectivity index (χ1v) is 10.9. The maximum Gasteiger partial charge on any atom is 0.203 e. The van der Waals surface area contributed by atoms with Crippen molar-refractivity contribution in [3.05, 3.63) is 47.7 Å². The maximum atomic E-state index is 11.0. The largest absolute Gasteiger partial charge is 0.493 e. The van der Waals surface area contributed by atoms with Crippen molar-refractivity contribution in [2.45, 2.75) is 19.8 Å². The van der Waals surface area contributed by atoms with Crippen LogP contribution in [0.25, 0.3) is 22.4 Å². The van der Waals surface area contributed by atoms with E-state index in [2.05, 4.69) is 12.2 Å². The number of hydrogen-bond acceptors (Lipinski definition) is 8. The number of anilines is 2. The number of fused-ring (bicyclic) bond motifs is 1. The van der Waals surface area contributed by atoms with Gasteiger partial charge in [0, 0.05) is 23.9 Å². The molecule has 2 aromatic carbocycles. The van der Waals surface area contributed by atoms with E-state index >= 15 is 0 Å². The maximum absolute atomic E-state index is 11.0. The molecule has 0 atom stereocenters. The van der Waals surface area contributed by atoms with Crippen LogP contribution in [-0.2, 0) is 13.5 Å². The van der Waals surface area contributed by atoms with Gasteiger partial charge in [-0.1, -0.05) is 13.3 Å². The standard InChI is InChI=1S/C25H27N5O4/c1-6-7-18-21-22(30(2)29-18)25(26-17-10-8-15(14-31)9-11-17)28-24(27-21)16-12-19(32-3)23(34-5)20(13-16)33-4/h8-14H,6-7H2,1-5H3,(H,26,27,28). The van der Waals surface area contributed by atoms with Gasteiger partial charge in [-0.25, -0.2) is 9.97 Å². The van der Waals surface area contributed by atoms with Gasteiger partial charge < -0.3 is 19.5 Å². The van der Waals surface area contributed by atoms with E-state index in [1.807, 2.05) is 31.3 Å². The molecule has 0 aliphatic rings. The zero-order chi connectivity index (χ0) is 24.2. The van der Waals surface area contributed by atoms with Gasteiger partial charge in [-0.2, -0.15) is 5.10 Å². The highest BCUT2D eigenvalue weighted by molar-refractivity contribution is 5.91. The Kier molecular flexibility index (Phi) is 6.62. The second kappa shape index (κ2) is 9.78. The van der Waals surface area contributed by atoms with Crippen LogP contribution in [0.1, 0.15) is 29.4 Å². The summed E-state index contributed by atoms with van der Waals surface area (Å²) in [6.45, 7) is 2.11. The van der Waals surface area contributed by atoms with Crippen LogP contribution in [0.2, 0.25) is 0 Å². The second-order valence-electron chi connectivity index (χ2n) is 7.69. The summed E-state index contributed by atoms with van der Waals surface area (Å²) >= 11 is 0. The van der Waals surface area contributed by atoms with Crippen LogP contribution in [0.15, 0.2) is 36.4 Å². The molecule has 1 N–H and O–H groups in total. The predicted molar refractivity (Wildman–Crippen MR) is 131 cm³/mol. The number of ether oxygens (including phenoxy) is 3. The van der Waals surface area contributed by atoms with Crippen molar-refractivity contribution in [1.82, 2.24) is 19.7 Å². The molecule has 2 heterocycles. The van der Waals surface area contributed by atoms with Crippen LogP contribution in [0.5, 0.6) is 17.2 Å². The van der Waals surface area contributed by atoms with E-state index in [-0.39, 0.29) is 0 Å². The lowest BCUT2D eigenvalue weighted by atomic mass is 10.1. The highest BCUT2D eigenvalue weighted by Crippen LogP contribution is 2.41. The lowest BCUT2D eigenvalue weighted by molar-refractivity contribution is 0.112. The molecule has 176 valence electrons. The Hall–Kier alpha value is -4.14. The van der Waals surface area contributed by atoms with Crippen LogP contribution in [0.3, 0.4) is 0 Å². The molecular formula is C25H27N5O4. The molecule has 0 radical (unpaired) electrons. The van der Waals surface area contributed by atoms with E-state index < -0.39 is 0 Å². The van der Waals surface area contributed by atoms with E-state index in [4.69, 9.17) is 29.3 Å². The third-order valence-electron chi connectivity index (χ3n) is 5.47. The van der Waals surface area contributed by atoms with E-state index in [1.54, 1.807) is 38.1 Å². The summed E-state index contributed by atoms with van der Waals surface area (Å²) in [6.07, 6.45) is 2.54. The molecule has 0 amide bonds. The number of aryl methyl sites for hydroxylation is 2. The zero-order valence-corrected chi connectivity index (χ0v) is 19.9. The third kappa shape index (κ3) is 4.24. The SMILES string of the molecule is CCCc1nn(C)c2c(Nc3ccc(C=O)cc3)nc(-c3cc(OC)c(OC)c(OC)c3)nc12. The fraction of sp³-hybridized carbons (Fsp3) is 0.280. The van der Waals surface area contributed by atoms with E-state index in [9.17, 15) is 4.79 Å². The molecule has 0 aliphatic carbocycles. The Bertz CT molecular complexity index is 1310. The number of carbonyl (C=O) groups excluding carboxylic acids is 1. The van der Waals surface area contributed by atoms with Crippen molar-refractivity contribution < 1.29 is 19.0 Å². The molecule has 4 aromatic rings. The predicted octanol–water partition coefficient (Wildman–Crippen LogP) is 4.56. The molecule has 0 bridgehead atoms. The third-order valence-corrected chi connectivity index (χ3v) is 5.47. The van der Waals surface area contributed by atoms with Gasteiger partial charge in [-0.15, -0.1) is 0 Å². The van der Waals surface area contributed by atoms with Crippen molar-refractivity contribution in [1.29, 1.82) is 0 Å². The Morgan fingerprint density at radius 3 is 2.24 bits per heavy atom. The Morgan fingerprint density at radius 2 is 1.68 bits per heavy atom. The topological polar surface area (TPSA) is 100 Å². The summed E-state index contributed by atoms with van der Waals surface area (Å²) in [5.74, 6) is 2.62. The van der Waals surface area contributed by atoms with Crippen molar-refractivity contribution >= 4 is 28.8 Å². The molecule has 0 aliphatic heterocycles. The smallest absolute Gasteiger partial charge is 0.203 e. The summed E-state index contributed by atoms with van der Waals surface area (Å²) in [4.78, 5) is 20.8. The van der Waals surface area contributed by atoms with Gasteiger partial charge in [0.2, 0.25) is 5.75 Å². The molecule has 0 spiro atoms. The first-order valence-electron chi connectivity index (χ1n) is 10.9. The summed E-state index contributed by atoms with van der Waals surface area (Å²) in [6, 6.07) is 10.8. The summed E-state index contributed by atoms with van der Waals surface area (Å²) in [5.41, 5.74) is 4.56. The number of aldehydes is 1. The Labute approximate surface area is 197 Å². The van der Waals surface area contributed by atoms with Crippen molar-refractivity contribution in [2.24, 2.45) is 7.05 Å². The Morgan fingerprint density at radius 1 is 1.00 bits per heavy atom. The van der Waals surface area contributed by atoms with Crippen LogP contribution in [-0.4, -0.2) is 47.4 Å². The van der Waals surface area contributed by atoms with Crippen LogP contribution in [0, 0.1) is 0 Å². The number of hydrogen-bond donors (Lipinski definition) is 1. The molecule has 0 unspecified atom stereocenters. The number of aromatic nitrogens is 4. The molecular weight excluding hydrogens is 434 g/mol.